The Labute approximate surface area is 119 Å². The molecule has 3 N–H and O–H groups in total. The number of nitrogens with one attached hydrogen (secondary N) is 2. The van der Waals surface area contributed by atoms with Gasteiger partial charge in [0.2, 0.25) is 0 Å². The predicted molar refractivity (Wildman–Crippen MR) is 73.6 cm³/mol. The van der Waals surface area contributed by atoms with Gasteiger partial charge in [0.25, 0.3) is 0 Å². The number of ether oxygens (including phenoxy) is 1. The van der Waals surface area contributed by atoms with E-state index in [9.17, 15) is 9.59 Å². The molecule has 0 radical (unpaired) electrons. The monoisotopic (exact) mass is 284 g/mol. The van der Waals surface area contributed by atoms with Crippen LogP contribution < -0.4 is 10.6 Å². The largest absolute Gasteiger partial charge is 0.481 e. The number of urea groups is 1. The second kappa shape index (κ2) is 6.92. The van der Waals surface area contributed by atoms with E-state index in [0.29, 0.717) is 6.54 Å². The van der Waals surface area contributed by atoms with Gasteiger partial charge >= 0.3 is 12.0 Å². The highest BCUT2D eigenvalue weighted by Crippen LogP contribution is 2.41. The topological polar surface area (TPSA) is 87.7 Å². The van der Waals surface area contributed by atoms with Crippen molar-refractivity contribution in [3.05, 3.63) is 0 Å². The van der Waals surface area contributed by atoms with Crippen LogP contribution in [-0.2, 0) is 9.53 Å². The van der Waals surface area contributed by atoms with Crippen molar-refractivity contribution in [3.8, 4) is 0 Å². The van der Waals surface area contributed by atoms with Crippen molar-refractivity contribution in [2.24, 2.45) is 0 Å². The van der Waals surface area contributed by atoms with E-state index < -0.39 is 5.97 Å². The van der Waals surface area contributed by atoms with Crippen LogP contribution in [0.15, 0.2) is 0 Å². The number of aliphatic carboxylic acids is 1. The molecule has 1 spiro atoms. The maximum absolute atomic E-state index is 11.5. The fourth-order valence-electron chi connectivity index (χ4n) is 3.16. The molecule has 114 valence electrons. The summed E-state index contributed by atoms with van der Waals surface area (Å²) in [5, 5.41) is 13.8. The lowest BCUT2D eigenvalue weighted by Crippen LogP contribution is -2.41. The average molecular weight is 284 g/mol. The third-order valence-electron chi connectivity index (χ3n) is 4.22. The molecule has 2 aliphatic rings. The molecule has 1 heterocycles. The maximum atomic E-state index is 11.5. The third kappa shape index (κ3) is 4.37. The summed E-state index contributed by atoms with van der Waals surface area (Å²) in [5.41, 5.74) is 0.0738. The van der Waals surface area contributed by atoms with Gasteiger partial charge in [0.15, 0.2) is 0 Å². The molecule has 1 atom stereocenters. The highest BCUT2D eigenvalue weighted by molar-refractivity contribution is 5.74. The molecule has 0 aromatic rings. The van der Waals surface area contributed by atoms with E-state index in [2.05, 4.69) is 10.6 Å². The van der Waals surface area contributed by atoms with Crippen molar-refractivity contribution in [2.75, 3.05) is 13.1 Å². The van der Waals surface area contributed by atoms with Crippen LogP contribution in [0.1, 0.15) is 51.4 Å². The molecule has 2 amide bonds. The second-order valence-corrected chi connectivity index (χ2v) is 5.80. The third-order valence-corrected chi connectivity index (χ3v) is 4.22. The molecule has 2 rings (SSSR count). The lowest BCUT2D eigenvalue weighted by Gasteiger charge is -2.33. The first-order valence-electron chi connectivity index (χ1n) is 7.51. The molecule has 0 aromatic carbocycles. The van der Waals surface area contributed by atoms with E-state index in [4.69, 9.17) is 9.84 Å². The zero-order valence-corrected chi connectivity index (χ0v) is 11.8. The van der Waals surface area contributed by atoms with Crippen LogP contribution in [-0.4, -0.2) is 41.9 Å². The summed E-state index contributed by atoms with van der Waals surface area (Å²) in [6, 6.07) is -0.320. The summed E-state index contributed by atoms with van der Waals surface area (Å²) >= 11 is 0. The van der Waals surface area contributed by atoms with E-state index in [1.165, 1.54) is 19.3 Å². The molecule has 2 fully saturated rings. The highest BCUT2D eigenvalue weighted by atomic mass is 16.5. The van der Waals surface area contributed by atoms with Crippen molar-refractivity contribution in [2.45, 2.75) is 63.1 Å². The summed E-state index contributed by atoms with van der Waals surface area (Å²) in [6.07, 6.45) is 8.22. The van der Waals surface area contributed by atoms with Crippen molar-refractivity contribution in [3.63, 3.8) is 0 Å². The first-order valence-corrected chi connectivity index (χ1v) is 7.51. The van der Waals surface area contributed by atoms with Crippen molar-refractivity contribution >= 4 is 12.0 Å². The normalized spacial score (nSPS) is 24.5. The van der Waals surface area contributed by atoms with Gasteiger partial charge in [-0.05, 0) is 25.7 Å². The Hall–Kier alpha value is -1.30. The summed E-state index contributed by atoms with van der Waals surface area (Å²) in [6.45, 7) is 0.650. The number of carbonyl (C=O) groups is 2. The maximum Gasteiger partial charge on any atom is 0.314 e. The molecule has 20 heavy (non-hydrogen) atoms. The SMILES string of the molecule is O=C(O)CCNC(=O)NCC1CCC2(CCCCC2)O1. The summed E-state index contributed by atoms with van der Waals surface area (Å²) in [5.74, 6) is -0.913. The van der Waals surface area contributed by atoms with Gasteiger partial charge in [0.05, 0.1) is 18.1 Å². The number of carboxylic acids is 1. The number of rotatable bonds is 5. The molecular formula is C14H24N2O4. The first kappa shape index (κ1) is 15.1. The van der Waals surface area contributed by atoms with Crippen LogP contribution >= 0.6 is 0 Å². The molecule has 1 saturated carbocycles. The minimum atomic E-state index is -0.913. The van der Waals surface area contributed by atoms with Gasteiger partial charge < -0.3 is 20.5 Å². The number of carboxylic acid groups (broad SMARTS) is 1. The van der Waals surface area contributed by atoms with Gasteiger partial charge in [-0.3, -0.25) is 4.79 Å². The Kier molecular flexibility index (Phi) is 5.23. The zero-order chi connectivity index (χ0) is 14.4. The van der Waals surface area contributed by atoms with Crippen LogP contribution in [0, 0.1) is 0 Å². The van der Waals surface area contributed by atoms with Crippen LogP contribution in [0.3, 0.4) is 0 Å². The number of hydrogen-bond acceptors (Lipinski definition) is 3. The second-order valence-electron chi connectivity index (χ2n) is 5.80. The van der Waals surface area contributed by atoms with Crippen LogP contribution in [0.25, 0.3) is 0 Å². The molecule has 1 saturated heterocycles. The number of hydrogen-bond donors (Lipinski definition) is 3. The average Bonchev–Trinajstić information content (AvgIpc) is 2.80. The van der Waals surface area contributed by atoms with E-state index in [1.807, 2.05) is 0 Å². The van der Waals surface area contributed by atoms with Crippen LogP contribution in [0.2, 0.25) is 0 Å². The van der Waals surface area contributed by atoms with Gasteiger partial charge in [-0.15, -0.1) is 0 Å². The summed E-state index contributed by atoms with van der Waals surface area (Å²) in [4.78, 5) is 21.8. The minimum Gasteiger partial charge on any atom is -0.481 e. The Morgan fingerprint density at radius 3 is 2.60 bits per heavy atom. The zero-order valence-electron chi connectivity index (χ0n) is 11.8. The minimum absolute atomic E-state index is 0.0591. The Morgan fingerprint density at radius 2 is 1.90 bits per heavy atom. The van der Waals surface area contributed by atoms with E-state index >= 15 is 0 Å². The molecule has 1 unspecified atom stereocenters. The van der Waals surface area contributed by atoms with E-state index in [-0.39, 0.29) is 30.7 Å². The van der Waals surface area contributed by atoms with Crippen molar-refractivity contribution in [1.29, 1.82) is 0 Å². The first-order chi connectivity index (χ1) is 9.60. The van der Waals surface area contributed by atoms with Gasteiger partial charge in [0, 0.05) is 13.1 Å². The van der Waals surface area contributed by atoms with Crippen molar-refractivity contribution in [1.82, 2.24) is 10.6 Å². The summed E-state index contributed by atoms with van der Waals surface area (Å²) in [7, 11) is 0. The molecule has 0 bridgehead atoms. The Morgan fingerprint density at radius 1 is 1.15 bits per heavy atom. The van der Waals surface area contributed by atoms with Crippen LogP contribution in [0.5, 0.6) is 0 Å². The lowest BCUT2D eigenvalue weighted by molar-refractivity contribution is -0.136. The molecule has 1 aliphatic carbocycles. The van der Waals surface area contributed by atoms with E-state index in [0.717, 1.165) is 25.7 Å². The van der Waals surface area contributed by atoms with Gasteiger partial charge in [-0.25, -0.2) is 4.79 Å². The number of amides is 2. The standard InChI is InChI=1S/C14H24N2O4/c17-12(18)5-9-15-13(19)16-10-11-4-8-14(20-11)6-2-1-3-7-14/h11H,1-10H2,(H,17,18)(H2,15,16,19). The summed E-state index contributed by atoms with van der Waals surface area (Å²) < 4.78 is 6.15. The van der Waals surface area contributed by atoms with Crippen LogP contribution in [0.4, 0.5) is 4.79 Å². The smallest absolute Gasteiger partial charge is 0.314 e. The molecule has 6 nitrogen and oxygen atoms in total. The molecule has 1 aliphatic heterocycles. The molecule has 0 aromatic heterocycles. The van der Waals surface area contributed by atoms with Gasteiger partial charge in [-0.1, -0.05) is 19.3 Å². The van der Waals surface area contributed by atoms with Gasteiger partial charge in [0.1, 0.15) is 0 Å². The number of carbonyl (C=O) groups excluding carboxylic acids is 1. The fourth-order valence-corrected chi connectivity index (χ4v) is 3.16. The van der Waals surface area contributed by atoms with Gasteiger partial charge in [-0.2, -0.15) is 0 Å². The highest BCUT2D eigenvalue weighted by Gasteiger charge is 2.40. The quantitative estimate of drug-likeness (QED) is 0.716. The van der Waals surface area contributed by atoms with E-state index in [1.54, 1.807) is 0 Å². The lowest BCUT2D eigenvalue weighted by atomic mass is 9.83. The van der Waals surface area contributed by atoms with Crippen molar-refractivity contribution < 1.29 is 19.4 Å². The predicted octanol–water partition coefficient (Wildman–Crippen LogP) is 1.64. The Bertz CT molecular complexity index is 353. The molecular weight excluding hydrogens is 260 g/mol. The Balaban J connectivity index is 1.62. The molecule has 6 heteroatoms. The fraction of sp³-hybridized carbons (Fsp3) is 0.857.